The number of carboxylic acid groups (broad SMARTS) is 1. The van der Waals surface area contributed by atoms with Crippen molar-refractivity contribution in [3.8, 4) is 0 Å². The standard InChI is InChI=1S/C12H13Cl3N2O3/c1-2-3-9(11(18)19)16-12(20)17-10-5-7(14)6(13)4-8(10)15/h4-5,9H,2-3H2,1H3,(H,18,19)(H2,16,17,20). The number of halogens is 3. The Hall–Kier alpha value is -1.17. The summed E-state index contributed by atoms with van der Waals surface area (Å²) in [7, 11) is 0. The van der Waals surface area contributed by atoms with Gasteiger partial charge in [0.05, 0.1) is 20.8 Å². The summed E-state index contributed by atoms with van der Waals surface area (Å²) in [6.07, 6.45) is 0.961. The molecule has 1 aromatic rings. The number of carbonyl (C=O) groups excluding carboxylic acids is 1. The predicted molar refractivity (Wildman–Crippen MR) is 80.0 cm³/mol. The summed E-state index contributed by atoms with van der Waals surface area (Å²) in [5.74, 6) is -1.10. The summed E-state index contributed by atoms with van der Waals surface area (Å²) in [5.41, 5.74) is 0.249. The summed E-state index contributed by atoms with van der Waals surface area (Å²) in [4.78, 5) is 22.7. The van der Waals surface area contributed by atoms with Crippen LogP contribution < -0.4 is 10.6 Å². The Morgan fingerprint density at radius 2 is 1.80 bits per heavy atom. The van der Waals surface area contributed by atoms with Crippen LogP contribution in [0.2, 0.25) is 15.1 Å². The minimum atomic E-state index is -1.10. The number of hydrogen-bond donors (Lipinski definition) is 3. The largest absolute Gasteiger partial charge is 0.480 e. The van der Waals surface area contributed by atoms with Gasteiger partial charge in [0.2, 0.25) is 0 Å². The highest BCUT2D eigenvalue weighted by atomic mass is 35.5. The smallest absolute Gasteiger partial charge is 0.326 e. The van der Waals surface area contributed by atoms with Gasteiger partial charge >= 0.3 is 12.0 Å². The molecule has 110 valence electrons. The molecule has 0 aliphatic heterocycles. The lowest BCUT2D eigenvalue weighted by molar-refractivity contribution is -0.139. The Labute approximate surface area is 131 Å². The first-order valence-electron chi connectivity index (χ1n) is 5.80. The van der Waals surface area contributed by atoms with E-state index < -0.39 is 18.0 Å². The third-order valence-corrected chi connectivity index (χ3v) is 3.47. The summed E-state index contributed by atoms with van der Waals surface area (Å²) >= 11 is 17.5. The quantitative estimate of drug-likeness (QED) is 0.709. The Morgan fingerprint density at radius 1 is 1.20 bits per heavy atom. The molecule has 2 amide bonds. The van der Waals surface area contributed by atoms with Crippen molar-refractivity contribution in [1.82, 2.24) is 5.32 Å². The van der Waals surface area contributed by atoms with Crippen LogP contribution in [0.5, 0.6) is 0 Å². The van der Waals surface area contributed by atoms with Crippen molar-refractivity contribution in [2.45, 2.75) is 25.8 Å². The number of carbonyl (C=O) groups is 2. The maximum Gasteiger partial charge on any atom is 0.326 e. The van der Waals surface area contributed by atoms with Crippen LogP contribution in [0.4, 0.5) is 10.5 Å². The zero-order valence-corrected chi connectivity index (χ0v) is 12.8. The molecule has 1 atom stereocenters. The molecule has 0 saturated heterocycles. The van der Waals surface area contributed by atoms with E-state index in [0.717, 1.165) is 0 Å². The Kier molecular flexibility index (Phi) is 6.39. The molecule has 0 aliphatic rings. The van der Waals surface area contributed by atoms with Gasteiger partial charge < -0.3 is 15.7 Å². The second-order valence-electron chi connectivity index (χ2n) is 4.02. The minimum absolute atomic E-state index is 0.205. The Balaban J connectivity index is 2.75. The third kappa shape index (κ3) is 4.74. The molecular weight excluding hydrogens is 327 g/mol. The molecule has 8 heteroatoms. The Bertz CT molecular complexity index is 523. The van der Waals surface area contributed by atoms with Crippen molar-refractivity contribution in [2.75, 3.05) is 5.32 Å². The van der Waals surface area contributed by atoms with Crippen LogP contribution in [0.1, 0.15) is 19.8 Å². The van der Waals surface area contributed by atoms with E-state index in [1.54, 1.807) is 0 Å². The summed E-state index contributed by atoms with van der Waals surface area (Å²) in [6, 6.07) is 1.15. The van der Waals surface area contributed by atoms with Crippen LogP contribution in [-0.4, -0.2) is 23.1 Å². The summed E-state index contributed by atoms with van der Waals surface area (Å²) in [5, 5.41) is 14.4. The van der Waals surface area contributed by atoms with E-state index in [0.29, 0.717) is 12.8 Å². The van der Waals surface area contributed by atoms with Gasteiger partial charge in [0, 0.05) is 0 Å². The number of carboxylic acids is 1. The van der Waals surface area contributed by atoms with Crippen LogP contribution in [0.25, 0.3) is 0 Å². The van der Waals surface area contributed by atoms with Crippen LogP contribution >= 0.6 is 34.8 Å². The van der Waals surface area contributed by atoms with Crippen LogP contribution in [0.3, 0.4) is 0 Å². The average Bonchev–Trinajstić information content (AvgIpc) is 2.35. The van der Waals surface area contributed by atoms with Gasteiger partial charge in [-0.15, -0.1) is 0 Å². The van der Waals surface area contributed by atoms with Crippen LogP contribution in [0.15, 0.2) is 12.1 Å². The van der Waals surface area contributed by atoms with E-state index in [4.69, 9.17) is 39.9 Å². The summed E-state index contributed by atoms with van der Waals surface area (Å²) < 4.78 is 0. The number of anilines is 1. The van der Waals surface area contributed by atoms with Crippen molar-refractivity contribution in [3.63, 3.8) is 0 Å². The minimum Gasteiger partial charge on any atom is -0.480 e. The molecule has 1 aromatic carbocycles. The zero-order chi connectivity index (χ0) is 15.3. The van der Waals surface area contributed by atoms with E-state index in [1.807, 2.05) is 6.92 Å². The Morgan fingerprint density at radius 3 is 2.35 bits per heavy atom. The molecule has 5 nitrogen and oxygen atoms in total. The second-order valence-corrected chi connectivity index (χ2v) is 5.25. The van der Waals surface area contributed by atoms with Gasteiger partial charge in [-0.05, 0) is 18.6 Å². The lowest BCUT2D eigenvalue weighted by Gasteiger charge is -2.15. The van der Waals surface area contributed by atoms with Gasteiger partial charge in [0.15, 0.2) is 0 Å². The molecule has 0 saturated carbocycles. The maximum atomic E-state index is 11.7. The molecule has 3 N–H and O–H groups in total. The molecule has 0 spiro atoms. The number of benzene rings is 1. The van der Waals surface area contributed by atoms with Gasteiger partial charge in [-0.2, -0.15) is 0 Å². The first kappa shape index (κ1) is 16.9. The first-order chi connectivity index (χ1) is 9.35. The van der Waals surface area contributed by atoms with Crippen molar-refractivity contribution in [3.05, 3.63) is 27.2 Å². The van der Waals surface area contributed by atoms with Crippen molar-refractivity contribution >= 4 is 52.5 Å². The highest BCUT2D eigenvalue weighted by molar-refractivity contribution is 6.44. The normalized spacial score (nSPS) is 11.8. The molecule has 1 unspecified atom stereocenters. The molecule has 0 fully saturated rings. The zero-order valence-electron chi connectivity index (χ0n) is 10.5. The van der Waals surface area contributed by atoms with Crippen LogP contribution in [-0.2, 0) is 4.79 Å². The average molecular weight is 340 g/mol. The second kappa shape index (κ2) is 7.57. The molecule has 0 radical (unpaired) electrons. The maximum absolute atomic E-state index is 11.7. The first-order valence-corrected chi connectivity index (χ1v) is 6.93. The van der Waals surface area contributed by atoms with E-state index in [1.165, 1.54) is 12.1 Å². The fourth-order valence-electron chi connectivity index (χ4n) is 1.48. The van der Waals surface area contributed by atoms with Crippen molar-refractivity contribution in [1.29, 1.82) is 0 Å². The number of rotatable bonds is 5. The SMILES string of the molecule is CCCC(NC(=O)Nc1cc(Cl)c(Cl)cc1Cl)C(=O)O. The molecule has 20 heavy (non-hydrogen) atoms. The fraction of sp³-hybridized carbons (Fsp3) is 0.333. The predicted octanol–water partition coefficient (Wildman–Crippen LogP) is 4.02. The lowest BCUT2D eigenvalue weighted by Crippen LogP contribution is -2.42. The monoisotopic (exact) mass is 338 g/mol. The van der Waals surface area contributed by atoms with Gasteiger partial charge in [-0.1, -0.05) is 48.1 Å². The van der Waals surface area contributed by atoms with Gasteiger partial charge in [-0.25, -0.2) is 9.59 Å². The van der Waals surface area contributed by atoms with E-state index in [-0.39, 0.29) is 20.8 Å². The number of nitrogens with one attached hydrogen (secondary N) is 2. The molecule has 0 heterocycles. The molecule has 0 aromatic heterocycles. The van der Waals surface area contributed by atoms with E-state index in [2.05, 4.69) is 10.6 Å². The van der Waals surface area contributed by atoms with Crippen molar-refractivity contribution in [2.24, 2.45) is 0 Å². The molecule has 0 bridgehead atoms. The number of urea groups is 1. The number of aliphatic carboxylic acids is 1. The van der Waals surface area contributed by atoms with Crippen LogP contribution in [0, 0.1) is 0 Å². The number of amides is 2. The van der Waals surface area contributed by atoms with E-state index in [9.17, 15) is 9.59 Å². The topological polar surface area (TPSA) is 78.4 Å². The van der Waals surface area contributed by atoms with Gasteiger partial charge in [0.1, 0.15) is 6.04 Å². The van der Waals surface area contributed by atoms with Gasteiger partial charge in [-0.3, -0.25) is 0 Å². The summed E-state index contributed by atoms with van der Waals surface area (Å²) in [6.45, 7) is 1.82. The molecular formula is C12H13Cl3N2O3. The van der Waals surface area contributed by atoms with E-state index >= 15 is 0 Å². The lowest BCUT2D eigenvalue weighted by atomic mass is 10.2. The number of hydrogen-bond acceptors (Lipinski definition) is 2. The highest BCUT2D eigenvalue weighted by Crippen LogP contribution is 2.32. The van der Waals surface area contributed by atoms with Crippen molar-refractivity contribution < 1.29 is 14.7 Å². The third-order valence-electron chi connectivity index (χ3n) is 2.44. The fourth-order valence-corrected chi connectivity index (χ4v) is 2.08. The van der Waals surface area contributed by atoms with Gasteiger partial charge in [0.25, 0.3) is 0 Å². The molecule has 0 aliphatic carbocycles. The highest BCUT2D eigenvalue weighted by Gasteiger charge is 2.19. The molecule has 1 rings (SSSR count).